The highest BCUT2D eigenvalue weighted by Crippen LogP contribution is 2.28. The third-order valence-corrected chi connectivity index (χ3v) is 4.17. The number of rotatable bonds is 7. The lowest BCUT2D eigenvalue weighted by atomic mass is 9.79. The fourth-order valence-corrected chi connectivity index (χ4v) is 2.87. The molecular formula is C17H27ClN2O3. The van der Waals surface area contributed by atoms with Gasteiger partial charge in [0.15, 0.2) is 0 Å². The van der Waals surface area contributed by atoms with E-state index in [1.54, 1.807) is 19.2 Å². The van der Waals surface area contributed by atoms with Crippen LogP contribution in [0, 0.1) is 5.41 Å². The summed E-state index contributed by atoms with van der Waals surface area (Å²) in [5.74, 6) is 0.741. The average Bonchev–Trinajstić information content (AvgIpc) is 2.55. The van der Waals surface area contributed by atoms with E-state index in [2.05, 4.69) is 10.6 Å². The Hall–Kier alpha value is -1.30. The van der Waals surface area contributed by atoms with Gasteiger partial charge in [0.25, 0.3) is 5.91 Å². The van der Waals surface area contributed by atoms with Crippen LogP contribution in [0.4, 0.5) is 0 Å². The monoisotopic (exact) mass is 342 g/mol. The van der Waals surface area contributed by atoms with Gasteiger partial charge in [0, 0.05) is 24.6 Å². The van der Waals surface area contributed by atoms with Crippen molar-refractivity contribution in [2.75, 3.05) is 40.0 Å². The molecule has 130 valence electrons. The molecule has 0 atom stereocenters. The molecule has 1 aromatic carbocycles. The maximum atomic E-state index is 12.3. The van der Waals surface area contributed by atoms with Gasteiger partial charge in [0.05, 0.1) is 13.2 Å². The van der Waals surface area contributed by atoms with E-state index in [1.807, 2.05) is 19.1 Å². The summed E-state index contributed by atoms with van der Waals surface area (Å²) in [6.45, 7) is 5.84. The number of methoxy groups -OCH3 is 1. The van der Waals surface area contributed by atoms with Crippen molar-refractivity contribution in [1.82, 2.24) is 10.6 Å². The molecule has 0 radical (unpaired) electrons. The highest BCUT2D eigenvalue weighted by Gasteiger charge is 2.32. The van der Waals surface area contributed by atoms with Gasteiger partial charge in [-0.2, -0.15) is 0 Å². The van der Waals surface area contributed by atoms with Crippen molar-refractivity contribution in [2.45, 2.75) is 19.8 Å². The van der Waals surface area contributed by atoms with Gasteiger partial charge in [-0.15, -0.1) is 12.4 Å². The van der Waals surface area contributed by atoms with E-state index >= 15 is 0 Å². The third-order valence-electron chi connectivity index (χ3n) is 4.17. The Kier molecular flexibility index (Phi) is 8.37. The van der Waals surface area contributed by atoms with Crippen LogP contribution in [0.5, 0.6) is 5.75 Å². The third kappa shape index (κ3) is 5.68. The van der Waals surface area contributed by atoms with Gasteiger partial charge in [-0.25, -0.2) is 0 Å². The van der Waals surface area contributed by atoms with Gasteiger partial charge in [-0.05, 0) is 57.1 Å². The van der Waals surface area contributed by atoms with Crippen molar-refractivity contribution in [3.63, 3.8) is 0 Å². The van der Waals surface area contributed by atoms with Crippen LogP contribution in [0.25, 0.3) is 0 Å². The lowest BCUT2D eigenvalue weighted by Gasteiger charge is -2.37. The van der Waals surface area contributed by atoms with Gasteiger partial charge in [0.1, 0.15) is 5.75 Å². The molecule has 1 fully saturated rings. The van der Waals surface area contributed by atoms with Crippen LogP contribution in [0.1, 0.15) is 30.1 Å². The van der Waals surface area contributed by atoms with Gasteiger partial charge in [-0.1, -0.05) is 0 Å². The summed E-state index contributed by atoms with van der Waals surface area (Å²) in [7, 11) is 1.72. The van der Waals surface area contributed by atoms with E-state index in [9.17, 15) is 4.79 Å². The number of amides is 1. The second-order valence-corrected chi connectivity index (χ2v) is 5.82. The Balaban J connectivity index is 0.00000264. The number of carbonyl (C=O) groups excluding carboxylic acids is 1. The van der Waals surface area contributed by atoms with Crippen LogP contribution >= 0.6 is 12.4 Å². The zero-order chi connectivity index (χ0) is 15.8. The molecule has 6 heteroatoms. The molecule has 1 heterocycles. The number of hydrogen-bond acceptors (Lipinski definition) is 4. The molecule has 5 nitrogen and oxygen atoms in total. The highest BCUT2D eigenvalue weighted by molar-refractivity contribution is 5.94. The van der Waals surface area contributed by atoms with Gasteiger partial charge in [-0.3, -0.25) is 4.79 Å². The molecule has 2 N–H and O–H groups in total. The van der Waals surface area contributed by atoms with Crippen molar-refractivity contribution >= 4 is 18.3 Å². The summed E-state index contributed by atoms with van der Waals surface area (Å²) in [5.41, 5.74) is 0.700. The molecule has 0 aromatic heterocycles. The van der Waals surface area contributed by atoms with E-state index in [4.69, 9.17) is 9.47 Å². The molecule has 1 aliphatic rings. The minimum Gasteiger partial charge on any atom is -0.494 e. The first-order valence-electron chi connectivity index (χ1n) is 7.90. The summed E-state index contributed by atoms with van der Waals surface area (Å²) < 4.78 is 10.8. The summed E-state index contributed by atoms with van der Waals surface area (Å²) in [6.07, 6.45) is 2.04. The number of nitrogens with one attached hydrogen (secondary N) is 2. The molecule has 1 aromatic rings. The Bertz CT molecular complexity index is 468. The normalized spacial score (nSPS) is 16.3. The van der Waals surface area contributed by atoms with E-state index in [0.29, 0.717) is 25.3 Å². The maximum absolute atomic E-state index is 12.3. The molecule has 0 saturated carbocycles. The lowest BCUT2D eigenvalue weighted by molar-refractivity contribution is 0.0512. The fraction of sp³-hybridized carbons (Fsp3) is 0.588. The number of benzene rings is 1. The number of carbonyl (C=O) groups is 1. The molecule has 1 saturated heterocycles. The molecule has 23 heavy (non-hydrogen) atoms. The second kappa shape index (κ2) is 9.75. The molecule has 2 rings (SSSR count). The second-order valence-electron chi connectivity index (χ2n) is 5.82. The smallest absolute Gasteiger partial charge is 0.251 e. The summed E-state index contributed by atoms with van der Waals surface area (Å²) in [6, 6.07) is 7.25. The predicted molar refractivity (Wildman–Crippen MR) is 93.6 cm³/mol. The lowest BCUT2D eigenvalue weighted by Crippen LogP contribution is -2.47. The number of hydrogen-bond donors (Lipinski definition) is 2. The molecule has 1 aliphatic heterocycles. The molecule has 0 bridgehead atoms. The SMILES string of the molecule is CCOc1ccc(C(=O)NCC2(COC)CCNCC2)cc1.Cl. The van der Waals surface area contributed by atoms with Crippen molar-refractivity contribution < 1.29 is 14.3 Å². The Morgan fingerprint density at radius 2 is 1.91 bits per heavy atom. The van der Waals surface area contributed by atoms with E-state index in [1.165, 1.54) is 0 Å². The summed E-state index contributed by atoms with van der Waals surface area (Å²) >= 11 is 0. The van der Waals surface area contributed by atoms with Crippen LogP contribution in [0.3, 0.4) is 0 Å². The van der Waals surface area contributed by atoms with Crippen molar-refractivity contribution in [1.29, 1.82) is 0 Å². The van der Waals surface area contributed by atoms with Crippen LogP contribution in [0.15, 0.2) is 24.3 Å². The first-order chi connectivity index (χ1) is 10.7. The summed E-state index contributed by atoms with van der Waals surface area (Å²) in [4.78, 5) is 12.3. The molecular weight excluding hydrogens is 316 g/mol. The predicted octanol–water partition coefficient (Wildman–Crippen LogP) is 2.25. The van der Waals surface area contributed by atoms with Crippen molar-refractivity contribution in [2.24, 2.45) is 5.41 Å². The molecule has 0 unspecified atom stereocenters. The van der Waals surface area contributed by atoms with Gasteiger partial charge >= 0.3 is 0 Å². The van der Waals surface area contributed by atoms with E-state index in [0.717, 1.165) is 31.7 Å². The van der Waals surface area contributed by atoms with E-state index in [-0.39, 0.29) is 23.7 Å². The zero-order valence-electron chi connectivity index (χ0n) is 13.9. The highest BCUT2D eigenvalue weighted by atomic mass is 35.5. The fourth-order valence-electron chi connectivity index (χ4n) is 2.87. The number of ether oxygens (including phenoxy) is 2. The van der Waals surface area contributed by atoms with Gasteiger partial charge < -0.3 is 20.1 Å². The van der Waals surface area contributed by atoms with Crippen LogP contribution in [0.2, 0.25) is 0 Å². The van der Waals surface area contributed by atoms with Crippen molar-refractivity contribution in [3.05, 3.63) is 29.8 Å². The van der Waals surface area contributed by atoms with E-state index < -0.39 is 0 Å². The average molecular weight is 343 g/mol. The standard InChI is InChI=1S/C17H26N2O3.ClH/c1-3-22-15-6-4-14(5-7-15)16(20)19-12-17(13-21-2)8-10-18-11-9-17;/h4-7,18H,3,8-13H2,1-2H3,(H,19,20);1H. The minimum atomic E-state index is -0.0444. The maximum Gasteiger partial charge on any atom is 0.251 e. The number of piperidine rings is 1. The van der Waals surface area contributed by atoms with Crippen LogP contribution in [-0.4, -0.2) is 45.9 Å². The van der Waals surface area contributed by atoms with Crippen molar-refractivity contribution in [3.8, 4) is 5.75 Å². The van der Waals surface area contributed by atoms with Crippen LogP contribution in [-0.2, 0) is 4.74 Å². The molecule has 1 amide bonds. The van der Waals surface area contributed by atoms with Crippen LogP contribution < -0.4 is 15.4 Å². The number of halogens is 1. The molecule has 0 spiro atoms. The van der Waals surface area contributed by atoms with Gasteiger partial charge in [0.2, 0.25) is 0 Å². The Morgan fingerprint density at radius 1 is 1.26 bits per heavy atom. The quantitative estimate of drug-likeness (QED) is 0.798. The zero-order valence-corrected chi connectivity index (χ0v) is 14.7. The topological polar surface area (TPSA) is 59.6 Å². The molecule has 0 aliphatic carbocycles. The Labute approximate surface area is 144 Å². The minimum absolute atomic E-state index is 0. The first kappa shape index (κ1) is 19.7. The first-order valence-corrected chi connectivity index (χ1v) is 7.90. The largest absolute Gasteiger partial charge is 0.494 e. The Morgan fingerprint density at radius 3 is 2.48 bits per heavy atom. The summed E-state index contributed by atoms with van der Waals surface area (Å²) in [5, 5.41) is 6.41.